The smallest absolute Gasteiger partial charge is 0.359 e. The lowest BCUT2D eigenvalue weighted by atomic mass is 10.0. The molecule has 0 aliphatic rings. The van der Waals surface area contributed by atoms with Gasteiger partial charge in [0.25, 0.3) is 0 Å². The zero-order chi connectivity index (χ0) is 17.5. The van der Waals surface area contributed by atoms with Crippen molar-refractivity contribution in [3.05, 3.63) is 65.7 Å². The van der Waals surface area contributed by atoms with E-state index in [0.717, 1.165) is 5.56 Å². The quantitative estimate of drug-likeness (QED) is 0.835. The molecule has 0 fully saturated rings. The second-order valence-electron chi connectivity index (χ2n) is 5.90. The maximum absolute atomic E-state index is 11.9. The fourth-order valence-electron chi connectivity index (χ4n) is 2.17. The summed E-state index contributed by atoms with van der Waals surface area (Å²) in [5.74, 6) is 0.416. The van der Waals surface area contributed by atoms with Crippen molar-refractivity contribution >= 4 is 17.9 Å². The van der Waals surface area contributed by atoms with E-state index in [1.165, 1.54) is 10.5 Å². The number of hydrogen-bond acceptors (Lipinski definition) is 3. The van der Waals surface area contributed by atoms with Crippen LogP contribution in [0.4, 0.5) is 15.3 Å². The van der Waals surface area contributed by atoms with Crippen molar-refractivity contribution in [2.75, 3.05) is 12.4 Å². The van der Waals surface area contributed by atoms with Crippen LogP contribution in [-0.2, 0) is 11.3 Å². The van der Waals surface area contributed by atoms with E-state index in [2.05, 4.69) is 19.2 Å². The highest BCUT2D eigenvalue weighted by atomic mass is 16.6. The van der Waals surface area contributed by atoms with Gasteiger partial charge < -0.3 is 9.64 Å². The number of amides is 2. The molecule has 5 nitrogen and oxygen atoms in total. The first-order valence-electron chi connectivity index (χ1n) is 7.83. The summed E-state index contributed by atoms with van der Waals surface area (Å²) in [5.41, 5.74) is 2.72. The molecule has 0 aliphatic carbocycles. The number of ether oxygens (including phenoxy) is 1. The second-order valence-corrected chi connectivity index (χ2v) is 5.90. The van der Waals surface area contributed by atoms with Crippen LogP contribution in [0.2, 0.25) is 0 Å². The fourth-order valence-corrected chi connectivity index (χ4v) is 2.17. The van der Waals surface area contributed by atoms with E-state index >= 15 is 0 Å². The van der Waals surface area contributed by atoms with Gasteiger partial charge in [0.1, 0.15) is 0 Å². The lowest BCUT2D eigenvalue weighted by Gasteiger charge is -2.16. The normalized spacial score (nSPS) is 10.3. The molecular formula is C19H22N2O3. The largest absolute Gasteiger partial charge is 0.420 e. The maximum atomic E-state index is 11.9. The van der Waals surface area contributed by atoms with Crippen LogP contribution in [0.15, 0.2) is 54.6 Å². The molecule has 0 saturated heterocycles. The Morgan fingerprint density at radius 3 is 2.25 bits per heavy atom. The average molecular weight is 326 g/mol. The van der Waals surface area contributed by atoms with Crippen LogP contribution in [0.5, 0.6) is 0 Å². The molecule has 0 saturated carbocycles. The van der Waals surface area contributed by atoms with Gasteiger partial charge in [-0.2, -0.15) is 0 Å². The van der Waals surface area contributed by atoms with Crippen LogP contribution >= 0.6 is 0 Å². The highest BCUT2D eigenvalue weighted by molar-refractivity contribution is 5.92. The van der Waals surface area contributed by atoms with Crippen molar-refractivity contribution in [2.45, 2.75) is 26.3 Å². The van der Waals surface area contributed by atoms with Crippen molar-refractivity contribution in [1.82, 2.24) is 4.90 Å². The first kappa shape index (κ1) is 17.5. The van der Waals surface area contributed by atoms with Crippen LogP contribution in [0.1, 0.15) is 30.9 Å². The Kier molecular flexibility index (Phi) is 5.95. The zero-order valence-electron chi connectivity index (χ0n) is 14.2. The first-order chi connectivity index (χ1) is 11.5. The van der Waals surface area contributed by atoms with Crippen molar-refractivity contribution in [3.8, 4) is 0 Å². The number of anilines is 1. The third-order valence-electron chi connectivity index (χ3n) is 3.58. The van der Waals surface area contributed by atoms with Crippen LogP contribution in [0.3, 0.4) is 0 Å². The van der Waals surface area contributed by atoms with Gasteiger partial charge in [0, 0.05) is 19.3 Å². The third-order valence-corrected chi connectivity index (χ3v) is 3.58. The predicted octanol–water partition coefficient (Wildman–Crippen LogP) is 4.61. The second kappa shape index (κ2) is 8.15. The van der Waals surface area contributed by atoms with Crippen LogP contribution in [0.25, 0.3) is 0 Å². The van der Waals surface area contributed by atoms with Gasteiger partial charge in [-0.3, -0.25) is 5.32 Å². The van der Waals surface area contributed by atoms with E-state index in [4.69, 9.17) is 4.74 Å². The van der Waals surface area contributed by atoms with Crippen molar-refractivity contribution < 1.29 is 14.3 Å². The topological polar surface area (TPSA) is 58.6 Å². The van der Waals surface area contributed by atoms with Gasteiger partial charge in [0.05, 0.1) is 0 Å². The lowest BCUT2D eigenvalue weighted by Crippen LogP contribution is -2.30. The van der Waals surface area contributed by atoms with Crippen LogP contribution < -0.4 is 5.32 Å². The Balaban J connectivity index is 1.85. The molecule has 0 bridgehead atoms. The predicted molar refractivity (Wildman–Crippen MR) is 93.9 cm³/mol. The van der Waals surface area contributed by atoms with Crippen molar-refractivity contribution in [1.29, 1.82) is 0 Å². The molecule has 0 heterocycles. The van der Waals surface area contributed by atoms with Crippen LogP contribution in [-0.4, -0.2) is 24.1 Å². The Hall–Kier alpha value is -2.82. The monoisotopic (exact) mass is 326 g/mol. The molecule has 126 valence electrons. The van der Waals surface area contributed by atoms with Gasteiger partial charge in [0.2, 0.25) is 0 Å². The number of hydrogen-bond donors (Lipinski definition) is 1. The number of benzene rings is 2. The van der Waals surface area contributed by atoms with Crippen molar-refractivity contribution in [2.24, 2.45) is 0 Å². The molecule has 2 amide bonds. The van der Waals surface area contributed by atoms with E-state index in [0.29, 0.717) is 18.2 Å². The molecular weight excluding hydrogens is 304 g/mol. The summed E-state index contributed by atoms with van der Waals surface area (Å²) in [6.07, 6.45) is -1.49. The highest BCUT2D eigenvalue weighted by Crippen LogP contribution is 2.17. The van der Waals surface area contributed by atoms with E-state index in [-0.39, 0.29) is 0 Å². The van der Waals surface area contributed by atoms with Gasteiger partial charge in [-0.05, 0) is 29.2 Å². The maximum Gasteiger partial charge on any atom is 0.420 e. The average Bonchev–Trinajstić information content (AvgIpc) is 2.56. The van der Waals surface area contributed by atoms with E-state index in [9.17, 15) is 9.59 Å². The summed E-state index contributed by atoms with van der Waals surface area (Å²) in [5, 5.41) is 2.55. The number of nitrogens with zero attached hydrogens (tertiary/aromatic N) is 1. The Morgan fingerprint density at radius 1 is 1.04 bits per heavy atom. The number of rotatable bonds is 4. The molecule has 0 unspecified atom stereocenters. The molecule has 2 aromatic carbocycles. The summed E-state index contributed by atoms with van der Waals surface area (Å²) < 4.78 is 4.80. The Labute approximate surface area is 142 Å². The van der Waals surface area contributed by atoms with E-state index in [1.54, 1.807) is 19.2 Å². The minimum atomic E-state index is -0.794. The molecule has 2 rings (SSSR count). The molecule has 5 heteroatoms. The summed E-state index contributed by atoms with van der Waals surface area (Å²) in [7, 11) is 1.58. The molecule has 2 aromatic rings. The van der Waals surface area contributed by atoms with E-state index < -0.39 is 12.2 Å². The summed E-state index contributed by atoms with van der Waals surface area (Å²) >= 11 is 0. The lowest BCUT2D eigenvalue weighted by molar-refractivity contribution is 0.130. The zero-order valence-corrected chi connectivity index (χ0v) is 14.2. The van der Waals surface area contributed by atoms with E-state index in [1.807, 2.05) is 42.5 Å². The standard InChI is InChI=1S/C19H22N2O3/c1-14(2)16-9-11-17(12-10-16)20-18(22)24-19(23)21(3)13-15-7-5-4-6-8-15/h4-12,14H,13H2,1-3H3,(H,20,22). The van der Waals surface area contributed by atoms with Crippen molar-refractivity contribution in [3.63, 3.8) is 0 Å². The number of carbonyl (C=O) groups excluding carboxylic acids is 2. The molecule has 1 N–H and O–H groups in total. The highest BCUT2D eigenvalue weighted by Gasteiger charge is 2.15. The molecule has 0 spiro atoms. The summed E-state index contributed by atoms with van der Waals surface area (Å²) in [6.45, 7) is 4.56. The summed E-state index contributed by atoms with van der Waals surface area (Å²) in [6, 6.07) is 16.9. The molecule has 0 radical (unpaired) electrons. The molecule has 0 atom stereocenters. The molecule has 0 aromatic heterocycles. The van der Waals surface area contributed by atoms with Gasteiger partial charge in [-0.15, -0.1) is 0 Å². The van der Waals surface area contributed by atoms with Gasteiger partial charge in [-0.25, -0.2) is 9.59 Å². The Morgan fingerprint density at radius 2 is 1.67 bits per heavy atom. The minimum Gasteiger partial charge on any atom is -0.359 e. The first-order valence-corrected chi connectivity index (χ1v) is 7.83. The van der Waals surface area contributed by atoms with Crippen LogP contribution in [0, 0.1) is 0 Å². The minimum absolute atomic E-state index is 0.371. The SMILES string of the molecule is CC(C)c1ccc(NC(=O)OC(=O)N(C)Cc2ccccc2)cc1. The summed E-state index contributed by atoms with van der Waals surface area (Å²) in [4.78, 5) is 25.1. The van der Waals surface area contributed by atoms with Gasteiger partial charge in [0.15, 0.2) is 0 Å². The third kappa shape index (κ3) is 5.12. The molecule has 0 aliphatic heterocycles. The van der Waals surface area contributed by atoms with Gasteiger partial charge in [-0.1, -0.05) is 56.3 Å². The number of carbonyl (C=O) groups is 2. The number of nitrogens with one attached hydrogen (secondary N) is 1. The Bertz CT molecular complexity index is 682. The molecule has 24 heavy (non-hydrogen) atoms. The fraction of sp³-hybridized carbons (Fsp3) is 0.263. The van der Waals surface area contributed by atoms with Gasteiger partial charge >= 0.3 is 12.2 Å².